The number of methoxy groups -OCH3 is 1. The molecular formula is C16H25N3O3. The van der Waals surface area contributed by atoms with Crippen molar-refractivity contribution in [3.05, 3.63) is 18.0 Å². The van der Waals surface area contributed by atoms with E-state index >= 15 is 0 Å². The molecule has 2 aliphatic rings. The van der Waals surface area contributed by atoms with E-state index in [0.717, 1.165) is 25.9 Å². The lowest BCUT2D eigenvalue weighted by Crippen LogP contribution is -2.39. The van der Waals surface area contributed by atoms with E-state index in [4.69, 9.17) is 4.74 Å². The fourth-order valence-electron chi connectivity index (χ4n) is 3.99. The molecular weight excluding hydrogens is 282 g/mol. The molecule has 22 heavy (non-hydrogen) atoms. The van der Waals surface area contributed by atoms with Crippen LogP contribution in [0.15, 0.2) is 12.4 Å². The van der Waals surface area contributed by atoms with Gasteiger partial charge in [-0.05, 0) is 43.7 Å². The highest BCUT2D eigenvalue weighted by Crippen LogP contribution is 2.34. The molecule has 6 heteroatoms. The van der Waals surface area contributed by atoms with Crippen molar-refractivity contribution < 1.29 is 14.6 Å². The zero-order valence-corrected chi connectivity index (χ0v) is 13.3. The van der Waals surface area contributed by atoms with Crippen molar-refractivity contribution in [3.8, 4) is 0 Å². The molecule has 4 atom stereocenters. The minimum absolute atomic E-state index is 0.1000. The van der Waals surface area contributed by atoms with Crippen LogP contribution in [-0.2, 0) is 23.0 Å². The Bertz CT molecular complexity index is 530. The molecule has 1 N–H and O–H groups in total. The number of esters is 1. The first-order valence-corrected chi connectivity index (χ1v) is 8.04. The van der Waals surface area contributed by atoms with Gasteiger partial charge < -0.3 is 9.84 Å². The van der Waals surface area contributed by atoms with Crippen LogP contribution in [0.4, 0.5) is 0 Å². The predicted octanol–water partition coefficient (Wildman–Crippen LogP) is 0.597. The van der Waals surface area contributed by atoms with Gasteiger partial charge >= 0.3 is 5.97 Å². The van der Waals surface area contributed by atoms with Gasteiger partial charge in [0.2, 0.25) is 0 Å². The highest BCUT2D eigenvalue weighted by atomic mass is 16.5. The maximum atomic E-state index is 11.7. The first-order chi connectivity index (χ1) is 10.6. The highest BCUT2D eigenvalue weighted by molar-refractivity contribution is 5.72. The molecule has 2 heterocycles. The zero-order chi connectivity index (χ0) is 15.7. The van der Waals surface area contributed by atoms with Gasteiger partial charge in [0.1, 0.15) is 0 Å². The van der Waals surface area contributed by atoms with Gasteiger partial charge in [-0.1, -0.05) is 0 Å². The lowest BCUT2D eigenvalue weighted by Gasteiger charge is -2.26. The predicted molar refractivity (Wildman–Crippen MR) is 81.1 cm³/mol. The number of hydrogen-bond donors (Lipinski definition) is 1. The van der Waals surface area contributed by atoms with E-state index in [-0.39, 0.29) is 17.9 Å². The maximum absolute atomic E-state index is 11.7. The number of hydrogen-bond acceptors (Lipinski definition) is 5. The summed E-state index contributed by atoms with van der Waals surface area (Å²) in [5, 5.41) is 14.5. The quantitative estimate of drug-likeness (QED) is 0.825. The van der Waals surface area contributed by atoms with E-state index in [0.29, 0.717) is 18.8 Å². The van der Waals surface area contributed by atoms with Crippen LogP contribution in [0.3, 0.4) is 0 Å². The topological polar surface area (TPSA) is 67.6 Å². The molecule has 0 unspecified atom stereocenters. The summed E-state index contributed by atoms with van der Waals surface area (Å²) in [6.45, 7) is 1.99. The number of carbonyl (C=O) groups excluding carboxylic acids is 1. The summed E-state index contributed by atoms with van der Waals surface area (Å²) in [5.74, 6) is 0.267. The third-order valence-electron chi connectivity index (χ3n) is 5.10. The lowest BCUT2D eigenvalue weighted by atomic mass is 10.0. The summed E-state index contributed by atoms with van der Waals surface area (Å²) in [5.41, 5.74) is 1.27. The van der Waals surface area contributed by atoms with Crippen molar-refractivity contribution in [2.24, 2.45) is 18.9 Å². The molecule has 1 aromatic heterocycles. The summed E-state index contributed by atoms with van der Waals surface area (Å²) in [6.07, 6.45) is 7.00. The second-order valence-corrected chi connectivity index (χ2v) is 6.70. The van der Waals surface area contributed by atoms with Crippen LogP contribution >= 0.6 is 0 Å². The van der Waals surface area contributed by atoms with Gasteiger partial charge in [0.15, 0.2) is 0 Å². The maximum Gasteiger partial charge on any atom is 0.308 e. The van der Waals surface area contributed by atoms with Crippen molar-refractivity contribution >= 4 is 5.97 Å². The standard InChI is InChI=1S/C16H25N3O3/c1-18-9-12(8-17-18)5-11-3-4-19(10-11)14-6-13(7-15(14)20)16(21)22-2/h8-9,11,13-15,20H,3-7,10H2,1-2H3/t11-,13+,14+,15+/m1/s1. The molecule has 1 aliphatic heterocycles. The lowest BCUT2D eigenvalue weighted by molar-refractivity contribution is -0.145. The van der Waals surface area contributed by atoms with E-state index in [9.17, 15) is 9.90 Å². The summed E-state index contributed by atoms with van der Waals surface area (Å²) in [7, 11) is 3.36. The molecule has 0 amide bonds. The van der Waals surface area contributed by atoms with E-state index in [2.05, 4.69) is 16.2 Å². The zero-order valence-electron chi connectivity index (χ0n) is 13.3. The van der Waals surface area contributed by atoms with Crippen LogP contribution in [0.25, 0.3) is 0 Å². The van der Waals surface area contributed by atoms with Gasteiger partial charge in [0.25, 0.3) is 0 Å². The normalized spacial score (nSPS) is 32.5. The smallest absolute Gasteiger partial charge is 0.308 e. The second-order valence-electron chi connectivity index (χ2n) is 6.70. The van der Waals surface area contributed by atoms with Gasteiger partial charge in [0, 0.05) is 25.8 Å². The molecule has 3 rings (SSSR count). The van der Waals surface area contributed by atoms with Crippen molar-refractivity contribution in [1.82, 2.24) is 14.7 Å². The average Bonchev–Trinajstić information content (AvgIpc) is 3.19. The van der Waals surface area contributed by atoms with Gasteiger partial charge in [-0.3, -0.25) is 14.4 Å². The molecule has 0 bridgehead atoms. The number of aliphatic hydroxyl groups excluding tert-OH is 1. The molecule has 0 aromatic carbocycles. The Kier molecular flexibility index (Phi) is 4.49. The minimum atomic E-state index is -0.416. The molecule has 2 fully saturated rings. The first-order valence-electron chi connectivity index (χ1n) is 8.04. The van der Waals surface area contributed by atoms with Crippen LogP contribution in [0, 0.1) is 11.8 Å². The average molecular weight is 307 g/mol. The number of likely N-dealkylation sites (tertiary alicyclic amines) is 1. The van der Waals surface area contributed by atoms with Crippen molar-refractivity contribution in [1.29, 1.82) is 0 Å². The Morgan fingerprint density at radius 1 is 1.50 bits per heavy atom. The van der Waals surface area contributed by atoms with E-state index in [1.54, 1.807) is 0 Å². The summed E-state index contributed by atoms with van der Waals surface area (Å²) in [4.78, 5) is 14.0. The van der Waals surface area contributed by atoms with Crippen LogP contribution < -0.4 is 0 Å². The number of aromatic nitrogens is 2. The Morgan fingerprint density at radius 3 is 3.00 bits per heavy atom. The molecule has 122 valence electrons. The number of rotatable bonds is 4. The molecule has 1 saturated heterocycles. The third-order valence-corrected chi connectivity index (χ3v) is 5.10. The summed E-state index contributed by atoms with van der Waals surface area (Å²) >= 11 is 0. The molecule has 6 nitrogen and oxygen atoms in total. The van der Waals surface area contributed by atoms with Crippen molar-refractivity contribution in [2.45, 2.75) is 37.8 Å². The Morgan fingerprint density at radius 2 is 2.32 bits per heavy atom. The van der Waals surface area contributed by atoms with Crippen LogP contribution in [-0.4, -0.2) is 58.1 Å². The summed E-state index contributed by atoms with van der Waals surface area (Å²) < 4.78 is 6.66. The van der Waals surface area contributed by atoms with Gasteiger partial charge in [0.05, 0.1) is 25.3 Å². The number of aryl methyl sites for hydroxylation is 1. The number of ether oxygens (including phenoxy) is 1. The van der Waals surface area contributed by atoms with Crippen LogP contribution in [0.2, 0.25) is 0 Å². The molecule has 0 spiro atoms. The Hall–Kier alpha value is -1.40. The SMILES string of the molecule is COC(=O)[C@@H]1C[C@H](O)[C@@H](N2CC[C@H](Cc3cnn(C)c3)C2)C1. The molecule has 1 aromatic rings. The Labute approximate surface area is 131 Å². The fraction of sp³-hybridized carbons (Fsp3) is 0.750. The van der Waals surface area contributed by atoms with Gasteiger partial charge in [-0.15, -0.1) is 0 Å². The van der Waals surface area contributed by atoms with Crippen LogP contribution in [0.5, 0.6) is 0 Å². The van der Waals surface area contributed by atoms with Crippen molar-refractivity contribution in [3.63, 3.8) is 0 Å². The number of aliphatic hydroxyl groups is 1. The minimum Gasteiger partial charge on any atom is -0.469 e. The Balaban J connectivity index is 1.55. The largest absolute Gasteiger partial charge is 0.469 e. The molecule has 1 saturated carbocycles. The highest BCUT2D eigenvalue weighted by Gasteiger charge is 2.42. The third kappa shape index (κ3) is 3.17. The number of nitrogens with zero attached hydrogens (tertiary/aromatic N) is 3. The number of carbonyl (C=O) groups is 1. The first kappa shape index (κ1) is 15.5. The van der Waals surface area contributed by atoms with Crippen molar-refractivity contribution in [2.75, 3.05) is 20.2 Å². The van der Waals surface area contributed by atoms with E-state index in [1.165, 1.54) is 12.7 Å². The fourth-order valence-corrected chi connectivity index (χ4v) is 3.99. The monoisotopic (exact) mass is 307 g/mol. The van der Waals surface area contributed by atoms with Crippen LogP contribution in [0.1, 0.15) is 24.8 Å². The van der Waals surface area contributed by atoms with Gasteiger partial charge in [-0.2, -0.15) is 5.10 Å². The molecule has 1 aliphatic carbocycles. The molecule has 0 radical (unpaired) electrons. The van der Waals surface area contributed by atoms with E-state index in [1.807, 2.05) is 17.9 Å². The summed E-state index contributed by atoms with van der Waals surface area (Å²) in [6, 6.07) is 0.1000. The van der Waals surface area contributed by atoms with E-state index < -0.39 is 6.10 Å². The second kappa shape index (κ2) is 6.38. The van der Waals surface area contributed by atoms with Gasteiger partial charge in [-0.25, -0.2) is 0 Å².